The maximum Gasteiger partial charge on any atom is 0.0937 e. The van der Waals surface area contributed by atoms with Gasteiger partial charge in [0.15, 0.2) is 0 Å². The maximum atomic E-state index is 7.06. The largest absolute Gasteiger partial charge is 0.365 e. The average molecular weight is 410 g/mol. The Hall–Kier alpha value is -0.600. The molecule has 2 saturated heterocycles. The third-order valence-corrected chi connectivity index (χ3v) is 11.2. The fourth-order valence-corrected chi connectivity index (χ4v) is 9.29. The van der Waals surface area contributed by atoms with Crippen molar-refractivity contribution in [2.45, 2.75) is 104 Å². The van der Waals surface area contributed by atoms with Gasteiger partial charge >= 0.3 is 0 Å². The number of rotatable bonds is 0. The fraction of sp³-hybridized carbons (Fsp3) is 0.857. The third-order valence-electron chi connectivity index (χ3n) is 11.2. The van der Waals surface area contributed by atoms with Gasteiger partial charge < -0.3 is 10.1 Å². The minimum atomic E-state index is 0.0178. The number of ether oxygens (including phenoxy) is 1. The lowest BCUT2D eigenvalue weighted by molar-refractivity contribution is -0.0549. The van der Waals surface area contributed by atoms with Gasteiger partial charge in [-0.2, -0.15) is 0 Å². The Morgan fingerprint density at radius 3 is 2.73 bits per heavy atom. The summed E-state index contributed by atoms with van der Waals surface area (Å²) in [4.78, 5) is 0. The molecular formula is C28H43NO. The predicted octanol–water partition coefficient (Wildman–Crippen LogP) is 6.28. The van der Waals surface area contributed by atoms with Gasteiger partial charge in [0.05, 0.1) is 11.7 Å². The Morgan fingerprint density at radius 1 is 1.07 bits per heavy atom. The highest BCUT2D eigenvalue weighted by molar-refractivity contribution is 5.38. The molecule has 0 aromatic rings. The van der Waals surface area contributed by atoms with Crippen LogP contribution in [-0.2, 0) is 4.74 Å². The summed E-state index contributed by atoms with van der Waals surface area (Å²) in [5.74, 6) is 4.84. The van der Waals surface area contributed by atoms with Gasteiger partial charge in [-0.05, 0) is 105 Å². The van der Waals surface area contributed by atoms with Crippen LogP contribution in [-0.4, -0.2) is 24.3 Å². The lowest BCUT2D eigenvalue weighted by Gasteiger charge is -2.49. The van der Waals surface area contributed by atoms with Crippen molar-refractivity contribution in [3.63, 3.8) is 0 Å². The first kappa shape index (κ1) is 20.0. The molecule has 30 heavy (non-hydrogen) atoms. The Balaban J connectivity index is 1.34. The van der Waals surface area contributed by atoms with Crippen LogP contribution in [0, 0.1) is 40.9 Å². The van der Waals surface area contributed by atoms with Crippen LogP contribution in [0.4, 0.5) is 0 Å². The van der Waals surface area contributed by atoms with E-state index in [1.54, 1.807) is 5.57 Å². The van der Waals surface area contributed by atoms with Crippen LogP contribution in [0.2, 0.25) is 0 Å². The zero-order chi connectivity index (χ0) is 20.8. The van der Waals surface area contributed by atoms with Gasteiger partial charge in [-0.25, -0.2) is 0 Å². The summed E-state index contributed by atoms with van der Waals surface area (Å²) in [6, 6.07) is 0.558. The molecule has 0 amide bonds. The normalized spacial score (nSPS) is 55.0. The minimum Gasteiger partial charge on any atom is -0.365 e. The Bertz CT molecular complexity index is 796. The molecule has 4 aliphatic carbocycles. The van der Waals surface area contributed by atoms with Crippen molar-refractivity contribution < 1.29 is 4.74 Å². The van der Waals surface area contributed by atoms with Crippen molar-refractivity contribution in [2.75, 3.05) is 6.54 Å². The van der Waals surface area contributed by atoms with E-state index in [0.717, 1.165) is 29.6 Å². The van der Waals surface area contributed by atoms with Crippen LogP contribution in [0.5, 0.6) is 0 Å². The van der Waals surface area contributed by atoms with Crippen molar-refractivity contribution in [3.05, 3.63) is 22.8 Å². The molecule has 2 saturated carbocycles. The average Bonchev–Trinajstić information content (AvgIpc) is 3.23. The van der Waals surface area contributed by atoms with Crippen molar-refractivity contribution in [3.8, 4) is 0 Å². The van der Waals surface area contributed by atoms with Crippen molar-refractivity contribution in [1.82, 2.24) is 5.32 Å². The highest BCUT2D eigenvalue weighted by Crippen LogP contribution is 2.65. The zero-order valence-electron chi connectivity index (χ0n) is 20.0. The molecule has 6 aliphatic rings. The number of allylic oxidation sites excluding steroid dienone is 3. The molecule has 1 N–H and O–H groups in total. The van der Waals surface area contributed by atoms with E-state index >= 15 is 0 Å². The zero-order valence-corrected chi connectivity index (χ0v) is 20.0. The summed E-state index contributed by atoms with van der Waals surface area (Å²) in [5, 5.41) is 3.87. The summed E-state index contributed by atoms with van der Waals surface area (Å²) in [7, 11) is 0. The van der Waals surface area contributed by atoms with Gasteiger partial charge in [0.1, 0.15) is 0 Å². The topological polar surface area (TPSA) is 21.3 Å². The summed E-state index contributed by atoms with van der Waals surface area (Å²) in [5.41, 5.74) is 5.82. The van der Waals surface area contributed by atoms with Gasteiger partial charge in [0, 0.05) is 12.0 Å². The molecule has 2 heterocycles. The Kier molecular flexibility index (Phi) is 4.48. The standard InChI is InChI=1S/C28H43NO/c1-16-8-10-27(5)20(12-16)6-7-22-21-9-11-28(18(3)23(21)14-24(22)27)19(4)26-25(30-28)13-17(2)15-29-26/h6,16-17,19,21-22,24-26,29H,7-15H2,1-5H3. The molecule has 0 radical (unpaired) electrons. The third kappa shape index (κ3) is 2.56. The summed E-state index contributed by atoms with van der Waals surface area (Å²) >= 11 is 0. The van der Waals surface area contributed by atoms with Crippen LogP contribution in [0.25, 0.3) is 0 Å². The molecule has 1 spiro atoms. The molecule has 166 valence electrons. The number of fused-ring (bicyclic) bond motifs is 6. The summed E-state index contributed by atoms with van der Waals surface area (Å²) in [6.07, 6.45) is 13.9. The number of nitrogens with one attached hydrogen (secondary N) is 1. The van der Waals surface area contributed by atoms with E-state index in [0.29, 0.717) is 23.5 Å². The van der Waals surface area contributed by atoms with Crippen LogP contribution >= 0.6 is 0 Å². The monoisotopic (exact) mass is 409 g/mol. The molecule has 6 rings (SSSR count). The van der Waals surface area contributed by atoms with Crippen LogP contribution in [0.1, 0.15) is 86.0 Å². The number of hydrogen-bond acceptors (Lipinski definition) is 2. The van der Waals surface area contributed by atoms with E-state index in [4.69, 9.17) is 4.74 Å². The Labute approximate surface area is 184 Å². The van der Waals surface area contributed by atoms with E-state index in [2.05, 4.69) is 46.0 Å². The molecule has 0 aromatic carbocycles. The molecule has 10 atom stereocenters. The molecule has 2 heteroatoms. The smallest absolute Gasteiger partial charge is 0.0937 e. The second kappa shape index (κ2) is 6.70. The van der Waals surface area contributed by atoms with Crippen LogP contribution < -0.4 is 5.32 Å². The van der Waals surface area contributed by atoms with Gasteiger partial charge in [-0.3, -0.25) is 0 Å². The number of hydrogen-bond donors (Lipinski definition) is 1. The van der Waals surface area contributed by atoms with E-state index in [9.17, 15) is 0 Å². The molecule has 4 fully saturated rings. The van der Waals surface area contributed by atoms with Gasteiger partial charge in [0.25, 0.3) is 0 Å². The second-order valence-electron chi connectivity index (χ2n) is 12.6. The van der Waals surface area contributed by atoms with Crippen LogP contribution in [0.3, 0.4) is 0 Å². The van der Waals surface area contributed by atoms with Gasteiger partial charge in [0.2, 0.25) is 0 Å². The van der Waals surface area contributed by atoms with Crippen LogP contribution in [0.15, 0.2) is 22.8 Å². The molecule has 2 nitrogen and oxygen atoms in total. The first-order chi connectivity index (χ1) is 14.3. The fourth-order valence-electron chi connectivity index (χ4n) is 9.29. The van der Waals surface area contributed by atoms with Crippen molar-refractivity contribution in [2.24, 2.45) is 40.9 Å². The maximum absolute atomic E-state index is 7.06. The molecule has 0 aromatic heterocycles. The molecular weight excluding hydrogens is 366 g/mol. The van der Waals surface area contributed by atoms with Crippen molar-refractivity contribution >= 4 is 0 Å². The summed E-state index contributed by atoms with van der Waals surface area (Å²) in [6.45, 7) is 13.6. The van der Waals surface area contributed by atoms with E-state index < -0.39 is 0 Å². The SMILES string of the molecule is CC1=C2CC3C(CC=C4CC(C)CCC43C)C2CCC12OC1CC(C)CNC1C2C. The first-order valence-corrected chi connectivity index (χ1v) is 13.1. The number of piperidine rings is 1. The summed E-state index contributed by atoms with van der Waals surface area (Å²) < 4.78 is 7.06. The Morgan fingerprint density at radius 2 is 1.90 bits per heavy atom. The predicted molar refractivity (Wildman–Crippen MR) is 123 cm³/mol. The quantitative estimate of drug-likeness (QED) is 0.476. The second-order valence-corrected chi connectivity index (χ2v) is 12.6. The molecule has 10 unspecified atom stereocenters. The molecule has 2 aliphatic heterocycles. The lowest BCUT2D eigenvalue weighted by Crippen LogP contribution is -2.49. The molecule has 0 bridgehead atoms. The van der Waals surface area contributed by atoms with Gasteiger partial charge in [-0.1, -0.05) is 44.9 Å². The lowest BCUT2D eigenvalue weighted by atomic mass is 9.55. The van der Waals surface area contributed by atoms with Gasteiger partial charge in [-0.15, -0.1) is 0 Å². The van der Waals surface area contributed by atoms with E-state index in [1.165, 1.54) is 57.9 Å². The van der Waals surface area contributed by atoms with E-state index in [-0.39, 0.29) is 5.60 Å². The highest BCUT2D eigenvalue weighted by atomic mass is 16.5. The highest BCUT2D eigenvalue weighted by Gasteiger charge is 2.60. The van der Waals surface area contributed by atoms with Crippen molar-refractivity contribution in [1.29, 1.82) is 0 Å². The van der Waals surface area contributed by atoms with E-state index in [1.807, 2.05) is 11.1 Å². The first-order valence-electron chi connectivity index (χ1n) is 13.1. The minimum absolute atomic E-state index is 0.0178.